The van der Waals surface area contributed by atoms with Crippen LogP contribution in [-0.2, 0) is 4.79 Å². The van der Waals surface area contributed by atoms with Crippen LogP contribution in [0, 0.1) is 0 Å². The van der Waals surface area contributed by atoms with E-state index in [1.165, 1.54) is 18.2 Å². The minimum atomic E-state index is -1.18. The highest BCUT2D eigenvalue weighted by atomic mass is 35.5. The normalized spacial score (nSPS) is 9.62. The first-order valence-electron chi connectivity index (χ1n) is 3.43. The van der Waals surface area contributed by atoms with E-state index in [-0.39, 0.29) is 16.9 Å². The number of phenols is 1. The molecule has 1 aromatic rings. The number of aliphatic carboxylic acids is 1. The lowest BCUT2D eigenvalue weighted by molar-refractivity contribution is -0.130. The van der Waals surface area contributed by atoms with Crippen LogP contribution in [0.15, 0.2) is 24.8 Å². The molecule has 0 radical (unpaired) electrons. The van der Waals surface area contributed by atoms with Gasteiger partial charge >= 0.3 is 5.97 Å². The van der Waals surface area contributed by atoms with Gasteiger partial charge in [0.15, 0.2) is 0 Å². The Morgan fingerprint density at radius 3 is 2.62 bits per heavy atom. The largest absolute Gasteiger partial charge is 0.507 e. The van der Waals surface area contributed by atoms with E-state index in [0.29, 0.717) is 5.02 Å². The number of hydrogen-bond donors (Lipinski definition) is 2. The van der Waals surface area contributed by atoms with Gasteiger partial charge in [0.2, 0.25) is 0 Å². The Kier molecular flexibility index (Phi) is 2.58. The van der Waals surface area contributed by atoms with Crippen LogP contribution in [0.1, 0.15) is 5.56 Å². The molecule has 0 aliphatic rings. The van der Waals surface area contributed by atoms with E-state index in [1.54, 1.807) is 0 Å². The maximum Gasteiger partial charge on any atom is 0.335 e. The third-order valence-corrected chi connectivity index (χ3v) is 1.78. The fourth-order valence-corrected chi connectivity index (χ4v) is 1.04. The highest BCUT2D eigenvalue weighted by molar-refractivity contribution is 6.31. The molecule has 0 aliphatic carbocycles. The molecule has 0 atom stereocenters. The molecule has 0 aromatic heterocycles. The molecule has 0 saturated carbocycles. The number of rotatable bonds is 2. The summed E-state index contributed by atoms with van der Waals surface area (Å²) >= 11 is 5.62. The number of phenolic OH excluding ortho intramolecular Hbond substituents is 1. The predicted octanol–water partition coefficient (Wildman–Crippen LogP) is 2.14. The van der Waals surface area contributed by atoms with E-state index >= 15 is 0 Å². The number of carboxylic acid groups (broad SMARTS) is 1. The van der Waals surface area contributed by atoms with Gasteiger partial charge < -0.3 is 10.2 Å². The van der Waals surface area contributed by atoms with Gasteiger partial charge in [-0.1, -0.05) is 18.2 Å². The monoisotopic (exact) mass is 198 g/mol. The highest BCUT2D eigenvalue weighted by Gasteiger charge is 2.11. The van der Waals surface area contributed by atoms with Crippen molar-refractivity contribution >= 4 is 23.1 Å². The Labute approximate surface area is 79.9 Å². The van der Waals surface area contributed by atoms with Gasteiger partial charge in [-0.25, -0.2) is 4.79 Å². The average Bonchev–Trinajstić information content (AvgIpc) is 2.08. The standard InChI is InChI=1S/C9H7ClO3/c1-5(9(12)13)7-4-6(10)2-3-8(7)11/h2-4,11H,1H2,(H,12,13). The smallest absolute Gasteiger partial charge is 0.335 e. The minimum Gasteiger partial charge on any atom is -0.507 e. The van der Waals surface area contributed by atoms with Crippen molar-refractivity contribution in [2.24, 2.45) is 0 Å². The van der Waals surface area contributed by atoms with Gasteiger partial charge in [0.1, 0.15) is 5.75 Å². The zero-order valence-corrected chi connectivity index (χ0v) is 7.38. The fourth-order valence-electron chi connectivity index (χ4n) is 0.865. The van der Waals surface area contributed by atoms with Crippen molar-refractivity contribution in [2.75, 3.05) is 0 Å². The third-order valence-electron chi connectivity index (χ3n) is 1.54. The Balaban J connectivity index is 3.21. The van der Waals surface area contributed by atoms with Gasteiger partial charge in [-0.05, 0) is 18.2 Å². The maximum atomic E-state index is 10.5. The van der Waals surface area contributed by atoms with Crippen LogP contribution in [0.4, 0.5) is 0 Å². The molecule has 0 amide bonds. The summed E-state index contributed by atoms with van der Waals surface area (Å²) in [4.78, 5) is 10.5. The molecule has 0 fully saturated rings. The second-order valence-corrected chi connectivity index (χ2v) is 2.88. The zero-order chi connectivity index (χ0) is 10.0. The van der Waals surface area contributed by atoms with Gasteiger partial charge in [-0.3, -0.25) is 0 Å². The lowest BCUT2D eigenvalue weighted by Gasteiger charge is -2.03. The number of aromatic hydroxyl groups is 1. The zero-order valence-electron chi connectivity index (χ0n) is 6.62. The first-order valence-corrected chi connectivity index (χ1v) is 3.81. The van der Waals surface area contributed by atoms with E-state index in [0.717, 1.165) is 0 Å². The predicted molar refractivity (Wildman–Crippen MR) is 49.8 cm³/mol. The molecule has 4 heteroatoms. The molecule has 0 heterocycles. The molecular formula is C9H7ClO3. The second kappa shape index (κ2) is 3.49. The number of halogens is 1. The molecule has 0 saturated heterocycles. The lowest BCUT2D eigenvalue weighted by atomic mass is 10.1. The van der Waals surface area contributed by atoms with Crippen LogP contribution in [-0.4, -0.2) is 16.2 Å². The number of hydrogen-bond acceptors (Lipinski definition) is 2. The van der Waals surface area contributed by atoms with Crippen LogP contribution >= 0.6 is 11.6 Å². The molecule has 3 nitrogen and oxygen atoms in total. The average molecular weight is 199 g/mol. The number of benzene rings is 1. The summed E-state index contributed by atoms with van der Waals surface area (Å²) in [7, 11) is 0. The summed E-state index contributed by atoms with van der Waals surface area (Å²) in [6.45, 7) is 3.31. The van der Waals surface area contributed by atoms with Gasteiger partial charge in [0.05, 0.1) is 5.57 Å². The molecule has 1 rings (SSSR count). The summed E-state index contributed by atoms with van der Waals surface area (Å²) in [6.07, 6.45) is 0. The summed E-state index contributed by atoms with van der Waals surface area (Å²) in [5.41, 5.74) is -0.0417. The van der Waals surface area contributed by atoms with E-state index in [2.05, 4.69) is 6.58 Å². The van der Waals surface area contributed by atoms with Crippen molar-refractivity contribution < 1.29 is 15.0 Å². The fraction of sp³-hybridized carbons (Fsp3) is 0. The van der Waals surface area contributed by atoms with Gasteiger partial charge in [0, 0.05) is 10.6 Å². The van der Waals surface area contributed by atoms with E-state index in [4.69, 9.17) is 16.7 Å². The van der Waals surface area contributed by atoms with Crippen molar-refractivity contribution in [2.45, 2.75) is 0 Å². The number of carboxylic acids is 1. The molecular weight excluding hydrogens is 192 g/mol. The number of carbonyl (C=O) groups is 1. The quantitative estimate of drug-likeness (QED) is 0.716. The van der Waals surface area contributed by atoms with Crippen LogP contribution in [0.2, 0.25) is 5.02 Å². The molecule has 0 unspecified atom stereocenters. The van der Waals surface area contributed by atoms with E-state index in [1.807, 2.05) is 0 Å². The van der Waals surface area contributed by atoms with Crippen molar-refractivity contribution in [3.8, 4) is 5.75 Å². The molecule has 0 spiro atoms. The lowest BCUT2D eigenvalue weighted by Crippen LogP contribution is -1.98. The van der Waals surface area contributed by atoms with Crippen LogP contribution in [0.25, 0.3) is 5.57 Å². The van der Waals surface area contributed by atoms with Crippen LogP contribution in [0.5, 0.6) is 5.75 Å². The Morgan fingerprint density at radius 2 is 2.08 bits per heavy atom. The molecule has 0 bridgehead atoms. The second-order valence-electron chi connectivity index (χ2n) is 2.45. The minimum absolute atomic E-state index is 0.139. The first kappa shape index (κ1) is 9.61. The van der Waals surface area contributed by atoms with E-state index < -0.39 is 5.97 Å². The van der Waals surface area contributed by atoms with Crippen molar-refractivity contribution in [1.29, 1.82) is 0 Å². The summed E-state index contributed by atoms with van der Waals surface area (Å²) in [5, 5.41) is 18.2. The molecule has 0 aliphatic heterocycles. The topological polar surface area (TPSA) is 57.5 Å². The van der Waals surface area contributed by atoms with E-state index in [9.17, 15) is 9.90 Å². The Bertz CT molecular complexity index is 371. The molecule has 13 heavy (non-hydrogen) atoms. The molecule has 2 N–H and O–H groups in total. The third kappa shape index (κ3) is 2.00. The summed E-state index contributed by atoms with van der Waals surface area (Å²) in [6, 6.07) is 4.15. The highest BCUT2D eigenvalue weighted by Crippen LogP contribution is 2.27. The van der Waals surface area contributed by atoms with Gasteiger partial charge in [-0.15, -0.1) is 0 Å². The molecule has 68 valence electrons. The van der Waals surface area contributed by atoms with Crippen LogP contribution in [0.3, 0.4) is 0 Å². The van der Waals surface area contributed by atoms with Crippen molar-refractivity contribution in [3.05, 3.63) is 35.4 Å². The van der Waals surface area contributed by atoms with Crippen LogP contribution < -0.4 is 0 Å². The summed E-state index contributed by atoms with van der Waals surface area (Å²) < 4.78 is 0. The van der Waals surface area contributed by atoms with Crippen molar-refractivity contribution in [3.63, 3.8) is 0 Å². The Hall–Kier alpha value is -1.48. The summed E-state index contributed by atoms with van der Waals surface area (Å²) in [5.74, 6) is -1.32. The van der Waals surface area contributed by atoms with Gasteiger partial charge in [0.25, 0.3) is 0 Å². The maximum absolute atomic E-state index is 10.5. The van der Waals surface area contributed by atoms with Crippen molar-refractivity contribution in [1.82, 2.24) is 0 Å². The Morgan fingerprint density at radius 1 is 1.46 bits per heavy atom. The SMILES string of the molecule is C=C(C(=O)O)c1cc(Cl)ccc1O. The molecule has 1 aromatic carbocycles. The van der Waals surface area contributed by atoms with Gasteiger partial charge in [-0.2, -0.15) is 0 Å². The first-order chi connectivity index (χ1) is 6.02.